The highest BCUT2D eigenvalue weighted by molar-refractivity contribution is 6.02. The monoisotopic (exact) mass is 356 g/mol. The first-order chi connectivity index (χ1) is 13.3. The molecule has 0 radical (unpaired) electrons. The molecule has 0 unspecified atom stereocenters. The predicted octanol–water partition coefficient (Wildman–Crippen LogP) is 4.92. The molecule has 0 aliphatic carbocycles. The molecule has 1 aliphatic rings. The van der Waals surface area contributed by atoms with Crippen molar-refractivity contribution in [1.29, 1.82) is 0 Å². The zero-order chi connectivity index (χ0) is 18.6. The lowest BCUT2D eigenvalue weighted by molar-refractivity contribution is 0.770. The van der Waals surface area contributed by atoms with Crippen molar-refractivity contribution in [3.05, 3.63) is 95.6 Å². The Bertz CT molecular complexity index is 915. The van der Waals surface area contributed by atoms with E-state index in [1.807, 2.05) is 28.4 Å². The topological polar surface area (TPSA) is 30.9 Å². The summed E-state index contributed by atoms with van der Waals surface area (Å²) in [6.07, 6.45) is 2.06. The van der Waals surface area contributed by atoms with Crippen LogP contribution in [0, 0.1) is 0 Å². The molecule has 0 aromatic heterocycles. The molecule has 4 nitrogen and oxygen atoms in total. The molecule has 4 rings (SSSR count). The van der Waals surface area contributed by atoms with Crippen LogP contribution in [0.15, 0.2) is 84.0 Å². The van der Waals surface area contributed by atoms with Gasteiger partial charge in [-0.25, -0.2) is 0 Å². The average molecular weight is 356 g/mol. The minimum atomic E-state index is 0.828. The standard InChI is InChI=1S/C23H24N4/c1-3-18-10-14-21(15-11-18)26-24-23(20-8-6-5-7-9-20)25-27(26)22-16-12-19(4-2)13-17-22/h5-17H,3-4H2,1-2H3,(H,24,25). The molecular weight excluding hydrogens is 332 g/mol. The summed E-state index contributed by atoms with van der Waals surface area (Å²) in [6.45, 7) is 4.33. The molecule has 3 aromatic rings. The quantitative estimate of drug-likeness (QED) is 0.704. The van der Waals surface area contributed by atoms with Crippen LogP contribution < -0.4 is 15.7 Å². The van der Waals surface area contributed by atoms with E-state index in [-0.39, 0.29) is 0 Å². The van der Waals surface area contributed by atoms with Crippen molar-refractivity contribution < 1.29 is 0 Å². The summed E-state index contributed by atoms with van der Waals surface area (Å²) in [5.74, 6) is 0.828. The van der Waals surface area contributed by atoms with Crippen LogP contribution >= 0.6 is 0 Å². The Labute approximate surface area is 160 Å². The van der Waals surface area contributed by atoms with E-state index in [0.29, 0.717) is 0 Å². The van der Waals surface area contributed by atoms with Gasteiger partial charge in [-0.3, -0.25) is 5.43 Å². The smallest absolute Gasteiger partial charge is 0.176 e. The van der Waals surface area contributed by atoms with Crippen molar-refractivity contribution in [1.82, 2.24) is 5.43 Å². The van der Waals surface area contributed by atoms with E-state index in [9.17, 15) is 0 Å². The lowest BCUT2D eigenvalue weighted by Gasteiger charge is -2.28. The highest BCUT2D eigenvalue weighted by Gasteiger charge is 2.26. The lowest BCUT2D eigenvalue weighted by Crippen LogP contribution is -2.44. The molecule has 4 heteroatoms. The second kappa shape index (κ2) is 7.54. The van der Waals surface area contributed by atoms with Gasteiger partial charge in [-0.2, -0.15) is 10.2 Å². The van der Waals surface area contributed by atoms with Crippen LogP contribution in [0.1, 0.15) is 30.5 Å². The number of rotatable bonds is 5. The normalized spacial score (nSPS) is 13.5. The van der Waals surface area contributed by atoms with Crippen LogP contribution in [-0.2, 0) is 12.8 Å². The minimum absolute atomic E-state index is 0.828. The van der Waals surface area contributed by atoms with Crippen molar-refractivity contribution in [2.45, 2.75) is 26.7 Å². The number of nitrogens with zero attached hydrogens (tertiary/aromatic N) is 3. The molecule has 3 aromatic carbocycles. The zero-order valence-corrected chi connectivity index (χ0v) is 15.8. The molecule has 0 bridgehead atoms. The van der Waals surface area contributed by atoms with Gasteiger partial charge in [0, 0.05) is 5.56 Å². The maximum Gasteiger partial charge on any atom is 0.176 e. The van der Waals surface area contributed by atoms with E-state index in [0.717, 1.165) is 35.6 Å². The van der Waals surface area contributed by atoms with Crippen molar-refractivity contribution in [2.75, 3.05) is 10.2 Å². The molecule has 136 valence electrons. The summed E-state index contributed by atoms with van der Waals surface area (Å²) >= 11 is 0. The second-order valence-corrected chi connectivity index (χ2v) is 6.57. The number of amidine groups is 1. The Morgan fingerprint density at radius 3 is 1.81 bits per heavy atom. The fourth-order valence-corrected chi connectivity index (χ4v) is 3.11. The SMILES string of the molecule is CCc1ccc(N2N=C(c3ccccc3)NN2c2ccc(CC)cc2)cc1. The molecule has 1 N–H and O–H groups in total. The van der Waals surface area contributed by atoms with Crippen molar-refractivity contribution in [3.63, 3.8) is 0 Å². The van der Waals surface area contributed by atoms with Crippen LogP contribution in [0.25, 0.3) is 0 Å². The summed E-state index contributed by atoms with van der Waals surface area (Å²) in [5, 5.41) is 8.76. The third-order valence-electron chi connectivity index (χ3n) is 4.81. The van der Waals surface area contributed by atoms with E-state index < -0.39 is 0 Å². The van der Waals surface area contributed by atoms with Gasteiger partial charge >= 0.3 is 0 Å². The molecule has 0 fully saturated rings. The molecular formula is C23H24N4. The first-order valence-corrected chi connectivity index (χ1v) is 9.47. The number of hydrazine groups is 2. The third-order valence-corrected chi connectivity index (χ3v) is 4.81. The van der Waals surface area contributed by atoms with E-state index in [2.05, 4.69) is 79.9 Å². The number of hydrazone groups is 1. The maximum atomic E-state index is 4.85. The zero-order valence-electron chi connectivity index (χ0n) is 15.8. The molecule has 0 atom stereocenters. The van der Waals surface area contributed by atoms with Gasteiger partial charge in [-0.05, 0) is 48.2 Å². The number of nitrogens with one attached hydrogen (secondary N) is 1. The Balaban J connectivity index is 1.71. The molecule has 1 aliphatic heterocycles. The van der Waals surface area contributed by atoms with E-state index in [4.69, 9.17) is 5.10 Å². The van der Waals surface area contributed by atoms with Crippen LogP contribution in [0.3, 0.4) is 0 Å². The highest BCUT2D eigenvalue weighted by atomic mass is 15.9. The van der Waals surface area contributed by atoms with Crippen LogP contribution in [0.5, 0.6) is 0 Å². The number of anilines is 2. The summed E-state index contributed by atoms with van der Waals surface area (Å²) in [7, 11) is 0. The summed E-state index contributed by atoms with van der Waals surface area (Å²) < 4.78 is 0. The minimum Gasteiger partial charge on any atom is -0.259 e. The van der Waals surface area contributed by atoms with Gasteiger partial charge in [-0.15, -0.1) is 5.10 Å². The van der Waals surface area contributed by atoms with Crippen LogP contribution in [0.4, 0.5) is 11.4 Å². The Hall–Kier alpha value is -3.27. The summed E-state index contributed by atoms with van der Waals surface area (Å²) in [6, 6.07) is 27.3. The van der Waals surface area contributed by atoms with Crippen molar-refractivity contribution >= 4 is 17.2 Å². The summed E-state index contributed by atoms with van der Waals surface area (Å²) in [5.41, 5.74) is 9.20. The third kappa shape index (κ3) is 3.51. The van der Waals surface area contributed by atoms with Gasteiger partial charge in [0.25, 0.3) is 0 Å². The number of aryl methyl sites for hydroxylation is 2. The molecule has 27 heavy (non-hydrogen) atoms. The Morgan fingerprint density at radius 1 is 0.704 bits per heavy atom. The van der Waals surface area contributed by atoms with Gasteiger partial charge in [0.2, 0.25) is 0 Å². The lowest BCUT2D eigenvalue weighted by atomic mass is 10.1. The molecule has 1 heterocycles. The van der Waals surface area contributed by atoms with Gasteiger partial charge in [0.15, 0.2) is 5.84 Å². The fourth-order valence-electron chi connectivity index (χ4n) is 3.11. The van der Waals surface area contributed by atoms with Gasteiger partial charge < -0.3 is 0 Å². The largest absolute Gasteiger partial charge is 0.259 e. The predicted molar refractivity (Wildman–Crippen MR) is 113 cm³/mol. The second-order valence-electron chi connectivity index (χ2n) is 6.57. The van der Waals surface area contributed by atoms with E-state index in [1.165, 1.54) is 11.1 Å². The highest BCUT2D eigenvalue weighted by Crippen LogP contribution is 2.26. The molecule has 0 saturated carbocycles. The van der Waals surface area contributed by atoms with E-state index in [1.54, 1.807) is 0 Å². The number of benzene rings is 3. The van der Waals surface area contributed by atoms with Gasteiger partial charge in [0.1, 0.15) is 0 Å². The van der Waals surface area contributed by atoms with Gasteiger partial charge in [0.05, 0.1) is 11.4 Å². The maximum absolute atomic E-state index is 4.85. The van der Waals surface area contributed by atoms with E-state index >= 15 is 0 Å². The number of hydrogen-bond donors (Lipinski definition) is 1. The number of hydrogen-bond acceptors (Lipinski definition) is 4. The molecule has 0 amide bonds. The van der Waals surface area contributed by atoms with Crippen LogP contribution in [0.2, 0.25) is 0 Å². The molecule has 0 saturated heterocycles. The fraction of sp³-hybridized carbons (Fsp3) is 0.174. The van der Waals surface area contributed by atoms with Gasteiger partial charge in [-0.1, -0.05) is 68.4 Å². The first kappa shape index (κ1) is 17.2. The Kier molecular flexibility index (Phi) is 4.79. The van der Waals surface area contributed by atoms with Crippen molar-refractivity contribution in [3.8, 4) is 0 Å². The van der Waals surface area contributed by atoms with Crippen LogP contribution in [-0.4, -0.2) is 5.84 Å². The first-order valence-electron chi connectivity index (χ1n) is 9.47. The summed E-state index contributed by atoms with van der Waals surface area (Å²) in [4.78, 5) is 0. The van der Waals surface area contributed by atoms with Crippen molar-refractivity contribution in [2.24, 2.45) is 5.10 Å². The molecule has 0 spiro atoms. The average Bonchev–Trinajstić information content (AvgIpc) is 3.20. The Morgan fingerprint density at radius 2 is 1.26 bits per heavy atom.